The van der Waals surface area contributed by atoms with Crippen LogP contribution >= 0.6 is 11.8 Å². The molecule has 0 aromatic heterocycles. The second-order valence-corrected chi connectivity index (χ2v) is 9.47. The van der Waals surface area contributed by atoms with E-state index in [0.29, 0.717) is 0 Å². The SMILES string of the molecule is CO[C@H]1C(=O)N2C(C(C)(C)C)=C(C)C(S(=O)CC(=O)O)S[C@@H]12. The molecule has 0 aliphatic carbocycles. The van der Waals surface area contributed by atoms with Crippen LogP contribution in [-0.4, -0.2) is 55.0 Å². The summed E-state index contributed by atoms with van der Waals surface area (Å²) in [6.45, 7) is 7.80. The molecule has 0 saturated carbocycles. The van der Waals surface area contributed by atoms with Gasteiger partial charge in [-0.3, -0.25) is 18.7 Å². The number of nitrogens with zero attached hydrogens (tertiary/aromatic N) is 1. The van der Waals surface area contributed by atoms with Crippen molar-refractivity contribution in [2.45, 2.75) is 43.8 Å². The third-order valence-electron chi connectivity index (χ3n) is 3.69. The number of methoxy groups -OCH3 is 1. The fraction of sp³-hybridized carbons (Fsp3) is 0.714. The maximum absolute atomic E-state index is 12.4. The smallest absolute Gasteiger partial charge is 0.316 e. The van der Waals surface area contributed by atoms with Gasteiger partial charge in [0.1, 0.15) is 15.7 Å². The maximum Gasteiger partial charge on any atom is 0.316 e. The predicted octanol–water partition coefficient (Wildman–Crippen LogP) is 1.40. The molecule has 124 valence electrons. The zero-order valence-electron chi connectivity index (χ0n) is 13.3. The minimum atomic E-state index is -1.54. The van der Waals surface area contributed by atoms with Crippen molar-refractivity contribution in [1.82, 2.24) is 4.90 Å². The number of hydrogen-bond acceptors (Lipinski definition) is 5. The van der Waals surface area contributed by atoms with E-state index in [1.807, 2.05) is 27.7 Å². The zero-order valence-corrected chi connectivity index (χ0v) is 14.9. The van der Waals surface area contributed by atoms with E-state index in [-0.39, 0.29) is 16.7 Å². The van der Waals surface area contributed by atoms with Gasteiger partial charge in [-0.05, 0) is 12.5 Å². The third-order valence-corrected chi connectivity index (χ3v) is 7.37. The summed E-state index contributed by atoms with van der Waals surface area (Å²) in [5.41, 5.74) is 1.35. The molecular weight excluding hydrogens is 326 g/mol. The molecule has 1 amide bonds. The second-order valence-electron chi connectivity index (χ2n) is 6.42. The van der Waals surface area contributed by atoms with Crippen LogP contribution in [0.4, 0.5) is 0 Å². The lowest BCUT2D eigenvalue weighted by molar-refractivity contribution is -0.160. The number of thioether (sulfide) groups is 1. The Morgan fingerprint density at radius 2 is 2.05 bits per heavy atom. The number of hydrogen-bond donors (Lipinski definition) is 1. The Morgan fingerprint density at radius 1 is 1.45 bits per heavy atom. The molecule has 0 aromatic rings. The van der Waals surface area contributed by atoms with Crippen LogP contribution in [0.2, 0.25) is 0 Å². The molecule has 0 radical (unpaired) electrons. The fourth-order valence-electron chi connectivity index (χ4n) is 2.96. The van der Waals surface area contributed by atoms with E-state index >= 15 is 0 Å². The van der Waals surface area contributed by atoms with Crippen molar-refractivity contribution in [3.63, 3.8) is 0 Å². The quantitative estimate of drug-likeness (QED) is 0.774. The van der Waals surface area contributed by atoms with Crippen LogP contribution in [0.15, 0.2) is 11.3 Å². The number of carboxylic acid groups (broad SMARTS) is 1. The lowest BCUT2D eigenvalue weighted by Crippen LogP contribution is -2.66. The van der Waals surface area contributed by atoms with Crippen LogP contribution < -0.4 is 0 Å². The molecule has 0 bridgehead atoms. The molecule has 4 atom stereocenters. The van der Waals surface area contributed by atoms with Crippen LogP contribution in [0.25, 0.3) is 0 Å². The van der Waals surface area contributed by atoms with Crippen molar-refractivity contribution < 1.29 is 23.6 Å². The van der Waals surface area contributed by atoms with Gasteiger partial charge in [0.25, 0.3) is 5.91 Å². The first kappa shape index (κ1) is 17.5. The molecule has 0 spiro atoms. The summed E-state index contributed by atoms with van der Waals surface area (Å²) in [7, 11) is -0.0622. The van der Waals surface area contributed by atoms with Gasteiger partial charge in [0, 0.05) is 29.0 Å². The molecule has 2 aliphatic heterocycles. The topological polar surface area (TPSA) is 83.9 Å². The van der Waals surface area contributed by atoms with E-state index in [0.717, 1.165) is 11.3 Å². The van der Waals surface area contributed by atoms with Crippen molar-refractivity contribution in [3.05, 3.63) is 11.3 Å². The van der Waals surface area contributed by atoms with Gasteiger partial charge in [-0.1, -0.05) is 20.8 Å². The average Bonchev–Trinajstić information content (AvgIpc) is 2.37. The highest BCUT2D eigenvalue weighted by Gasteiger charge is 2.56. The highest BCUT2D eigenvalue weighted by molar-refractivity contribution is 8.12. The third kappa shape index (κ3) is 2.83. The molecule has 1 fully saturated rings. The Labute approximate surface area is 136 Å². The highest BCUT2D eigenvalue weighted by Crippen LogP contribution is 2.50. The van der Waals surface area contributed by atoms with Gasteiger partial charge in [-0.25, -0.2) is 0 Å². The van der Waals surface area contributed by atoms with Crippen molar-refractivity contribution in [3.8, 4) is 0 Å². The van der Waals surface area contributed by atoms with E-state index in [4.69, 9.17) is 9.84 Å². The molecule has 6 nitrogen and oxygen atoms in total. The number of carbonyl (C=O) groups excluding carboxylic acids is 1. The van der Waals surface area contributed by atoms with Gasteiger partial charge in [0.05, 0.1) is 0 Å². The molecule has 8 heteroatoms. The zero-order chi connectivity index (χ0) is 16.8. The van der Waals surface area contributed by atoms with Gasteiger partial charge >= 0.3 is 5.97 Å². The Kier molecular flexibility index (Phi) is 4.75. The number of carboxylic acids is 1. The Hall–Kier alpha value is -0.860. The number of carbonyl (C=O) groups is 2. The molecule has 1 saturated heterocycles. The lowest BCUT2D eigenvalue weighted by atomic mass is 9.85. The second kappa shape index (κ2) is 5.98. The van der Waals surface area contributed by atoms with Crippen LogP contribution in [0, 0.1) is 5.41 Å². The van der Waals surface area contributed by atoms with E-state index in [1.165, 1.54) is 18.9 Å². The van der Waals surface area contributed by atoms with Crippen LogP contribution in [0.3, 0.4) is 0 Å². The summed E-state index contributed by atoms with van der Waals surface area (Å²) in [4.78, 5) is 24.8. The summed E-state index contributed by atoms with van der Waals surface area (Å²) in [6, 6.07) is 0. The first-order valence-corrected chi connectivity index (χ1v) is 9.23. The molecular formula is C14H21NO5S2. The number of fused-ring (bicyclic) bond motifs is 1. The van der Waals surface area contributed by atoms with E-state index in [2.05, 4.69) is 0 Å². The molecule has 2 heterocycles. The van der Waals surface area contributed by atoms with Gasteiger partial charge in [0.2, 0.25) is 0 Å². The minimum absolute atomic E-state index is 0.0910. The van der Waals surface area contributed by atoms with Crippen LogP contribution in [0.1, 0.15) is 27.7 Å². The summed E-state index contributed by atoms with van der Waals surface area (Å²) < 4.78 is 17.2. The number of ether oxygens (including phenoxy) is 1. The normalized spacial score (nSPS) is 30.0. The standard InChI is InChI=1S/C14H21NO5S2/c1-7-10(14(2,3)4)15-11(18)9(20-5)12(15)21-13(7)22(19)6-8(16)17/h9,12-13H,6H2,1-5H3,(H,16,17)/t9-,12-,13?,22?/m0/s1. The number of aliphatic carboxylic acids is 1. The van der Waals surface area contributed by atoms with Gasteiger partial charge in [-0.15, -0.1) is 11.8 Å². The number of rotatable bonds is 4. The molecule has 2 aliphatic rings. The van der Waals surface area contributed by atoms with Crippen molar-refractivity contribution >= 4 is 34.4 Å². The van der Waals surface area contributed by atoms with Gasteiger partial charge in [0.15, 0.2) is 6.10 Å². The van der Waals surface area contributed by atoms with Gasteiger partial charge in [-0.2, -0.15) is 0 Å². The van der Waals surface area contributed by atoms with E-state index in [1.54, 1.807) is 4.90 Å². The molecule has 2 rings (SSSR count). The molecule has 0 aromatic carbocycles. The fourth-order valence-corrected chi connectivity index (χ4v) is 6.18. The summed E-state index contributed by atoms with van der Waals surface area (Å²) in [6.07, 6.45) is -0.556. The van der Waals surface area contributed by atoms with Crippen LogP contribution in [0.5, 0.6) is 0 Å². The monoisotopic (exact) mass is 347 g/mol. The summed E-state index contributed by atoms with van der Waals surface area (Å²) in [5.74, 6) is -1.57. The summed E-state index contributed by atoms with van der Waals surface area (Å²) >= 11 is 1.35. The average molecular weight is 347 g/mol. The Bertz CT molecular complexity index is 566. The summed E-state index contributed by atoms with van der Waals surface area (Å²) in [5, 5.41) is 8.65. The largest absolute Gasteiger partial charge is 0.481 e. The molecule has 1 N–H and O–H groups in total. The lowest BCUT2D eigenvalue weighted by Gasteiger charge is -2.54. The first-order chi connectivity index (χ1) is 10.1. The number of amides is 1. The van der Waals surface area contributed by atoms with E-state index < -0.39 is 33.2 Å². The highest BCUT2D eigenvalue weighted by atomic mass is 32.2. The first-order valence-electron chi connectivity index (χ1n) is 6.91. The Morgan fingerprint density at radius 3 is 2.50 bits per heavy atom. The molecule has 2 unspecified atom stereocenters. The van der Waals surface area contributed by atoms with Crippen LogP contribution in [-0.2, 0) is 25.1 Å². The predicted molar refractivity (Wildman–Crippen MR) is 85.6 cm³/mol. The van der Waals surface area contributed by atoms with Crippen molar-refractivity contribution in [2.24, 2.45) is 5.41 Å². The van der Waals surface area contributed by atoms with E-state index in [9.17, 15) is 13.8 Å². The van der Waals surface area contributed by atoms with Crippen molar-refractivity contribution in [1.29, 1.82) is 0 Å². The van der Waals surface area contributed by atoms with Gasteiger partial charge < -0.3 is 9.84 Å². The Balaban J connectivity index is 2.43. The minimum Gasteiger partial charge on any atom is -0.481 e. The number of β-lactam (4-membered cyclic amide) rings is 1. The number of allylic oxidation sites excluding steroid dienone is 1. The van der Waals surface area contributed by atoms with Crippen molar-refractivity contribution in [2.75, 3.05) is 12.9 Å². The molecule has 22 heavy (non-hydrogen) atoms. The maximum atomic E-state index is 12.4.